The first-order valence-electron chi connectivity index (χ1n) is 10.7. The van der Waals surface area contributed by atoms with Crippen molar-refractivity contribution in [3.63, 3.8) is 0 Å². The van der Waals surface area contributed by atoms with E-state index >= 15 is 0 Å². The number of halogens is 1. The molecule has 1 saturated heterocycles. The third kappa shape index (κ3) is 3.21. The minimum Gasteiger partial charge on any atom is -0.508 e. The van der Waals surface area contributed by atoms with Crippen molar-refractivity contribution >= 4 is 17.1 Å². The summed E-state index contributed by atoms with van der Waals surface area (Å²) in [5, 5.41) is 24.8. The van der Waals surface area contributed by atoms with Crippen molar-refractivity contribution < 1.29 is 9.50 Å². The van der Waals surface area contributed by atoms with Crippen LogP contribution < -0.4 is 10.6 Å². The molecule has 0 spiro atoms. The molecule has 4 aromatic rings. The predicted molar refractivity (Wildman–Crippen MR) is 118 cm³/mol. The van der Waals surface area contributed by atoms with E-state index in [2.05, 4.69) is 36.9 Å². The Kier molecular flexibility index (Phi) is 4.43. The second kappa shape index (κ2) is 7.45. The third-order valence-corrected chi connectivity index (χ3v) is 6.27. The number of benzene rings is 1. The van der Waals surface area contributed by atoms with Crippen molar-refractivity contribution in [3.05, 3.63) is 65.0 Å². The second-order valence-electron chi connectivity index (χ2n) is 8.32. The second-order valence-corrected chi connectivity index (χ2v) is 8.32. The summed E-state index contributed by atoms with van der Waals surface area (Å²) in [6.07, 6.45) is 7.75. The first-order chi connectivity index (χ1) is 15.7. The van der Waals surface area contributed by atoms with Gasteiger partial charge in [-0.1, -0.05) is 0 Å². The standard InChI is InChI=1S/C23H22FN7O/c24-15-7-13(8-16(32)10-15)19-21-18(3-6-26-19)28-23(29-21)20-17-9-14(11-27-22(17)31-30-20)12-1-4-25-5-2-12/h3,6-12,19,25-26,32H,1-2,4-5H2,(H,28,29)(H,27,30,31). The summed E-state index contributed by atoms with van der Waals surface area (Å²) in [7, 11) is 0. The predicted octanol–water partition coefficient (Wildman–Crippen LogP) is 3.32. The van der Waals surface area contributed by atoms with Gasteiger partial charge >= 0.3 is 0 Å². The van der Waals surface area contributed by atoms with Gasteiger partial charge in [-0.3, -0.25) is 5.10 Å². The van der Waals surface area contributed by atoms with Crippen molar-refractivity contribution in [3.8, 4) is 17.3 Å². The van der Waals surface area contributed by atoms with Gasteiger partial charge in [-0.2, -0.15) is 5.10 Å². The van der Waals surface area contributed by atoms with E-state index in [0.717, 1.165) is 54.5 Å². The zero-order chi connectivity index (χ0) is 21.7. The Hall–Kier alpha value is -3.72. The lowest BCUT2D eigenvalue weighted by atomic mass is 9.91. The summed E-state index contributed by atoms with van der Waals surface area (Å²) in [5.41, 5.74) is 4.77. The normalized spacial score (nSPS) is 18.6. The summed E-state index contributed by atoms with van der Waals surface area (Å²) >= 11 is 0. The highest BCUT2D eigenvalue weighted by Crippen LogP contribution is 2.34. The maximum atomic E-state index is 13.9. The largest absolute Gasteiger partial charge is 0.508 e. The van der Waals surface area contributed by atoms with Crippen LogP contribution in [0.3, 0.4) is 0 Å². The van der Waals surface area contributed by atoms with Gasteiger partial charge in [0.1, 0.15) is 17.3 Å². The van der Waals surface area contributed by atoms with Gasteiger partial charge in [0.15, 0.2) is 11.5 Å². The summed E-state index contributed by atoms with van der Waals surface area (Å²) in [5.74, 6) is 0.515. The number of H-pyrrole nitrogens is 2. The number of nitrogens with one attached hydrogen (secondary N) is 4. The number of rotatable bonds is 3. The molecule has 6 rings (SSSR count). The Morgan fingerprint density at radius 2 is 1.94 bits per heavy atom. The first kappa shape index (κ1) is 19.0. The molecule has 9 heteroatoms. The van der Waals surface area contributed by atoms with Crippen molar-refractivity contribution in [1.82, 2.24) is 35.8 Å². The number of piperidine rings is 1. The van der Waals surface area contributed by atoms with Crippen LogP contribution in [0.5, 0.6) is 5.75 Å². The van der Waals surface area contributed by atoms with Gasteiger partial charge in [-0.25, -0.2) is 14.4 Å². The number of imidazole rings is 1. The highest BCUT2D eigenvalue weighted by molar-refractivity contribution is 5.89. The fraction of sp³-hybridized carbons (Fsp3) is 0.261. The number of pyridine rings is 1. The van der Waals surface area contributed by atoms with Gasteiger partial charge in [-0.05, 0) is 73.5 Å². The lowest BCUT2D eigenvalue weighted by Gasteiger charge is -2.22. The van der Waals surface area contributed by atoms with Crippen LogP contribution in [0.25, 0.3) is 28.6 Å². The number of phenols is 1. The average molecular weight is 431 g/mol. The average Bonchev–Trinajstić information content (AvgIpc) is 3.42. The van der Waals surface area contributed by atoms with E-state index in [-0.39, 0.29) is 11.8 Å². The molecule has 5 heterocycles. The molecule has 0 bridgehead atoms. The molecule has 0 aliphatic carbocycles. The maximum Gasteiger partial charge on any atom is 0.181 e. The van der Waals surface area contributed by atoms with Crippen LogP contribution in [0.4, 0.5) is 4.39 Å². The Balaban J connectivity index is 1.41. The first-order valence-corrected chi connectivity index (χ1v) is 10.7. The molecule has 1 atom stereocenters. The third-order valence-electron chi connectivity index (χ3n) is 6.27. The van der Waals surface area contributed by atoms with E-state index < -0.39 is 5.82 Å². The molecule has 32 heavy (non-hydrogen) atoms. The van der Waals surface area contributed by atoms with Gasteiger partial charge in [-0.15, -0.1) is 0 Å². The van der Waals surface area contributed by atoms with E-state index in [4.69, 9.17) is 4.98 Å². The minimum atomic E-state index is -0.492. The number of hydrogen-bond donors (Lipinski definition) is 5. The molecule has 2 aliphatic heterocycles. The Bertz CT molecular complexity index is 1320. The molecular weight excluding hydrogens is 409 g/mol. The van der Waals surface area contributed by atoms with Crippen LogP contribution >= 0.6 is 0 Å². The molecule has 0 amide bonds. The Labute approximate surface area is 183 Å². The van der Waals surface area contributed by atoms with Crippen LogP contribution in [0, 0.1) is 5.82 Å². The van der Waals surface area contributed by atoms with Crippen molar-refractivity contribution in [1.29, 1.82) is 0 Å². The number of nitrogens with zero attached hydrogens (tertiary/aromatic N) is 3. The van der Waals surface area contributed by atoms with Crippen LogP contribution in [0.15, 0.2) is 36.7 Å². The lowest BCUT2D eigenvalue weighted by Crippen LogP contribution is -2.26. The molecule has 5 N–H and O–H groups in total. The molecule has 1 fully saturated rings. The molecular formula is C23H22FN7O. The number of phenolic OH excluding ortho intramolecular Hbond substituents is 1. The molecule has 8 nitrogen and oxygen atoms in total. The van der Waals surface area contributed by atoms with Crippen LogP contribution in [0.2, 0.25) is 0 Å². The molecule has 0 radical (unpaired) electrons. The molecule has 2 aliphatic rings. The van der Waals surface area contributed by atoms with E-state index in [1.165, 1.54) is 11.6 Å². The van der Waals surface area contributed by atoms with E-state index in [9.17, 15) is 9.50 Å². The van der Waals surface area contributed by atoms with Gasteiger partial charge < -0.3 is 20.7 Å². The van der Waals surface area contributed by atoms with Gasteiger partial charge in [0, 0.05) is 12.3 Å². The fourth-order valence-electron chi connectivity index (χ4n) is 4.67. The summed E-state index contributed by atoms with van der Waals surface area (Å²) < 4.78 is 13.9. The number of aromatic nitrogens is 5. The van der Waals surface area contributed by atoms with Gasteiger partial charge in [0.2, 0.25) is 0 Å². The quantitative estimate of drug-likeness (QED) is 0.340. The summed E-state index contributed by atoms with van der Waals surface area (Å²) in [4.78, 5) is 12.7. The molecule has 162 valence electrons. The number of fused-ring (bicyclic) bond motifs is 2. The van der Waals surface area contributed by atoms with Crippen molar-refractivity contribution in [2.24, 2.45) is 0 Å². The van der Waals surface area contributed by atoms with Crippen molar-refractivity contribution in [2.75, 3.05) is 13.1 Å². The summed E-state index contributed by atoms with van der Waals surface area (Å²) in [6.45, 7) is 2.03. The Morgan fingerprint density at radius 3 is 2.78 bits per heavy atom. The zero-order valence-electron chi connectivity index (χ0n) is 17.2. The monoisotopic (exact) mass is 431 g/mol. The topological polar surface area (TPSA) is 115 Å². The maximum absolute atomic E-state index is 13.9. The van der Waals surface area contributed by atoms with E-state index in [1.54, 1.807) is 12.3 Å². The number of hydrogen-bond acceptors (Lipinski definition) is 6. The smallest absolute Gasteiger partial charge is 0.181 e. The highest BCUT2D eigenvalue weighted by atomic mass is 19.1. The minimum absolute atomic E-state index is 0.117. The van der Waals surface area contributed by atoms with Crippen LogP contribution in [0.1, 0.15) is 47.3 Å². The van der Waals surface area contributed by atoms with Gasteiger partial charge in [0.25, 0.3) is 0 Å². The SMILES string of the molecule is Oc1cc(F)cc(C2NC=Cc3nc(-c4[nH]nc5ncc(C6CCNCC6)cc45)[nH]c32)c1. The lowest BCUT2D eigenvalue weighted by molar-refractivity contribution is 0.460. The fourth-order valence-corrected chi connectivity index (χ4v) is 4.67. The zero-order valence-corrected chi connectivity index (χ0v) is 17.2. The van der Waals surface area contributed by atoms with Crippen LogP contribution in [-0.4, -0.2) is 43.3 Å². The highest BCUT2D eigenvalue weighted by Gasteiger charge is 2.25. The molecule has 0 saturated carbocycles. The number of aromatic hydroxyl groups is 1. The molecule has 1 unspecified atom stereocenters. The van der Waals surface area contributed by atoms with E-state index in [0.29, 0.717) is 23.0 Å². The molecule has 3 aromatic heterocycles. The van der Waals surface area contributed by atoms with Crippen LogP contribution in [-0.2, 0) is 0 Å². The number of aromatic amines is 2. The summed E-state index contributed by atoms with van der Waals surface area (Å²) in [6, 6.07) is 5.84. The van der Waals surface area contributed by atoms with E-state index in [1.807, 2.05) is 12.3 Å². The van der Waals surface area contributed by atoms with Crippen molar-refractivity contribution in [2.45, 2.75) is 24.8 Å². The Morgan fingerprint density at radius 1 is 1.06 bits per heavy atom. The molecule has 1 aromatic carbocycles. The van der Waals surface area contributed by atoms with Gasteiger partial charge in [0.05, 0.1) is 22.8 Å².